The lowest BCUT2D eigenvalue weighted by Gasteiger charge is -2.27. The Morgan fingerprint density at radius 3 is 2.71 bits per heavy atom. The number of hydrogen-bond donors (Lipinski definition) is 3. The molecule has 0 radical (unpaired) electrons. The van der Waals surface area contributed by atoms with Crippen LogP contribution in [0.1, 0.15) is 36.2 Å². The molecule has 2 rings (SSSR count). The second-order valence-corrected chi connectivity index (χ2v) is 5.67. The molecule has 1 aromatic heterocycles. The molecule has 94 valence electrons. The number of hydrogen-bond acceptors (Lipinski definition) is 3. The Hall–Kier alpha value is -1.10. The number of H-pyrrole nitrogens is 1. The Bertz CT molecular complexity index is 383. The van der Waals surface area contributed by atoms with Gasteiger partial charge in [0.2, 0.25) is 0 Å². The maximum Gasteiger partial charge on any atom is 0.267 e. The number of nitrogen functional groups attached to an aromatic ring is 1. The van der Waals surface area contributed by atoms with Crippen molar-refractivity contribution in [1.29, 1.82) is 0 Å². The lowest BCUT2D eigenvalue weighted by molar-refractivity contribution is 0.0923. The largest absolute Gasteiger partial charge is 0.397 e. The van der Waals surface area contributed by atoms with Crippen molar-refractivity contribution in [3.63, 3.8) is 0 Å². The van der Waals surface area contributed by atoms with Gasteiger partial charge in [-0.2, -0.15) is 11.8 Å². The van der Waals surface area contributed by atoms with Crippen LogP contribution in [0.3, 0.4) is 0 Å². The van der Waals surface area contributed by atoms with Crippen LogP contribution >= 0.6 is 11.8 Å². The number of aromatic amines is 1. The summed E-state index contributed by atoms with van der Waals surface area (Å²) in [5, 5.41) is 3.83. The third kappa shape index (κ3) is 3.19. The lowest BCUT2D eigenvalue weighted by Crippen LogP contribution is -2.38. The van der Waals surface area contributed by atoms with Crippen LogP contribution in [0.5, 0.6) is 0 Å². The van der Waals surface area contributed by atoms with Gasteiger partial charge in [-0.3, -0.25) is 4.79 Å². The molecule has 1 aliphatic carbocycles. The maximum absolute atomic E-state index is 11.9. The molecular formula is C12H19N3OS. The molecule has 17 heavy (non-hydrogen) atoms. The Balaban J connectivity index is 1.84. The van der Waals surface area contributed by atoms with Gasteiger partial charge in [-0.25, -0.2) is 0 Å². The maximum atomic E-state index is 11.9. The molecule has 4 nitrogen and oxygen atoms in total. The third-order valence-corrected chi connectivity index (χ3v) is 4.43. The van der Waals surface area contributed by atoms with Gasteiger partial charge in [-0.1, -0.05) is 0 Å². The van der Waals surface area contributed by atoms with Crippen LogP contribution in [0.15, 0.2) is 12.3 Å². The number of nitrogens with two attached hydrogens (primary N) is 1. The van der Waals surface area contributed by atoms with Gasteiger partial charge in [-0.05, 0) is 38.0 Å². The van der Waals surface area contributed by atoms with Crippen LogP contribution in [0.4, 0.5) is 5.69 Å². The minimum atomic E-state index is -0.0469. The molecule has 5 heteroatoms. The third-order valence-electron chi connectivity index (χ3n) is 3.29. The molecule has 0 aromatic carbocycles. The van der Waals surface area contributed by atoms with Gasteiger partial charge in [-0.15, -0.1) is 0 Å². The summed E-state index contributed by atoms with van der Waals surface area (Å²) in [5.41, 5.74) is 6.72. The van der Waals surface area contributed by atoms with Gasteiger partial charge in [0.25, 0.3) is 5.91 Å². The summed E-state index contributed by atoms with van der Waals surface area (Å²) in [6, 6.07) is 1.98. The fourth-order valence-electron chi connectivity index (χ4n) is 2.25. The van der Waals surface area contributed by atoms with Gasteiger partial charge >= 0.3 is 0 Å². The topological polar surface area (TPSA) is 70.9 Å². The number of nitrogens with one attached hydrogen (secondary N) is 2. The molecule has 1 saturated carbocycles. The molecule has 0 bridgehead atoms. The molecule has 1 amide bonds. The highest BCUT2D eigenvalue weighted by molar-refractivity contribution is 7.99. The molecule has 0 aliphatic heterocycles. The van der Waals surface area contributed by atoms with E-state index in [0.29, 0.717) is 17.4 Å². The zero-order valence-corrected chi connectivity index (χ0v) is 10.8. The van der Waals surface area contributed by atoms with Crippen molar-refractivity contribution >= 4 is 23.4 Å². The van der Waals surface area contributed by atoms with Crippen LogP contribution in [0, 0.1) is 0 Å². The first-order valence-electron chi connectivity index (χ1n) is 5.96. The zero-order chi connectivity index (χ0) is 12.3. The molecule has 4 N–H and O–H groups in total. The van der Waals surface area contributed by atoms with E-state index >= 15 is 0 Å². The molecule has 0 unspecified atom stereocenters. The number of thioether (sulfide) groups is 1. The molecule has 1 aromatic rings. The molecule has 0 atom stereocenters. The first kappa shape index (κ1) is 12.4. The predicted molar refractivity (Wildman–Crippen MR) is 72.2 cm³/mol. The van der Waals surface area contributed by atoms with E-state index < -0.39 is 0 Å². The monoisotopic (exact) mass is 253 g/mol. The second-order valence-electron chi connectivity index (χ2n) is 4.53. The number of rotatable bonds is 3. The highest BCUT2D eigenvalue weighted by Crippen LogP contribution is 2.26. The quantitative estimate of drug-likeness (QED) is 0.771. The van der Waals surface area contributed by atoms with Gasteiger partial charge < -0.3 is 16.0 Å². The normalized spacial score (nSPS) is 24.5. The van der Waals surface area contributed by atoms with E-state index in [2.05, 4.69) is 16.6 Å². The Morgan fingerprint density at radius 2 is 2.18 bits per heavy atom. The van der Waals surface area contributed by atoms with E-state index in [1.165, 1.54) is 12.8 Å². The number of carbonyl (C=O) groups is 1. The van der Waals surface area contributed by atoms with E-state index in [-0.39, 0.29) is 5.91 Å². The first-order chi connectivity index (χ1) is 8.19. The lowest BCUT2D eigenvalue weighted by atomic mass is 9.95. The molecule has 0 saturated heterocycles. The number of carbonyl (C=O) groups excluding carboxylic acids is 1. The average molecular weight is 253 g/mol. The minimum absolute atomic E-state index is 0.0469. The average Bonchev–Trinajstić information content (AvgIpc) is 2.77. The summed E-state index contributed by atoms with van der Waals surface area (Å²) < 4.78 is 0. The summed E-state index contributed by atoms with van der Waals surface area (Å²) >= 11 is 1.93. The van der Waals surface area contributed by atoms with Crippen LogP contribution in [0.2, 0.25) is 0 Å². The SMILES string of the molecule is CSC1CCC(NC(=O)c2cc(N)c[nH]2)CC1. The van der Waals surface area contributed by atoms with Crippen molar-refractivity contribution in [2.45, 2.75) is 37.0 Å². The molecule has 1 aliphatic rings. The first-order valence-corrected chi connectivity index (χ1v) is 7.25. The summed E-state index contributed by atoms with van der Waals surface area (Å²) in [6.07, 6.45) is 8.34. The van der Waals surface area contributed by atoms with E-state index in [0.717, 1.165) is 18.1 Å². The summed E-state index contributed by atoms with van der Waals surface area (Å²) in [6.45, 7) is 0. The second kappa shape index (κ2) is 5.49. The fraction of sp³-hybridized carbons (Fsp3) is 0.583. The van der Waals surface area contributed by atoms with Crippen LogP contribution < -0.4 is 11.1 Å². The molecule has 0 spiro atoms. The Kier molecular flexibility index (Phi) is 3.99. The number of aromatic nitrogens is 1. The van der Waals surface area contributed by atoms with Crippen molar-refractivity contribution in [3.8, 4) is 0 Å². The van der Waals surface area contributed by atoms with E-state index in [1.807, 2.05) is 11.8 Å². The number of anilines is 1. The fourth-order valence-corrected chi connectivity index (χ4v) is 2.99. The van der Waals surface area contributed by atoms with Crippen molar-refractivity contribution in [1.82, 2.24) is 10.3 Å². The van der Waals surface area contributed by atoms with E-state index in [1.54, 1.807) is 12.3 Å². The van der Waals surface area contributed by atoms with Crippen LogP contribution in [-0.4, -0.2) is 28.4 Å². The van der Waals surface area contributed by atoms with Crippen molar-refractivity contribution in [3.05, 3.63) is 18.0 Å². The van der Waals surface area contributed by atoms with Crippen molar-refractivity contribution < 1.29 is 4.79 Å². The van der Waals surface area contributed by atoms with Gasteiger partial charge in [0, 0.05) is 23.2 Å². The summed E-state index contributed by atoms with van der Waals surface area (Å²) in [5.74, 6) is -0.0469. The molecule has 1 heterocycles. The minimum Gasteiger partial charge on any atom is -0.397 e. The summed E-state index contributed by atoms with van der Waals surface area (Å²) in [7, 11) is 0. The van der Waals surface area contributed by atoms with E-state index in [4.69, 9.17) is 5.73 Å². The van der Waals surface area contributed by atoms with Gasteiger partial charge in [0.1, 0.15) is 5.69 Å². The van der Waals surface area contributed by atoms with Crippen LogP contribution in [-0.2, 0) is 0 Å². The van der Waals surface area contributed by atoms with Crippen LogP contribution in [0.25, 0.3) is 0 Å². The zero-order valence-electron chi connectivity index (χ0n) is 10.0. The highest BCUT2D eigenvalue weighted by Gasteiger charge is 2.22. The van der Waals surface area contributed by atoms with Crippen molar-refractivity contribution in [2.75, 3.05) is 12.0 Å². The van der Waals surface area contributed by atoms with E-state index in [9.17, 15) is 4.79 Å². The Morgan fingerprint density at radius 1 is 1.47 bits per heavy atom. The smallest absolute Gasteiger partial charge is 0.267 e. The highest BCUT2D eigenvalue weighted by atomic mass is 32.2. The van der Waals surface area contributed by atoms with Gasteiger partial charge in [0.05, 0.1) is 0 Å². The molecule has 1 fully saturated rings. The predicted octanol–water partition coefficient (Wildman–Crippen LogP) is 2.00. The Labute approximate surface area is 106 Å². The summed E-state index contributed by atoms with van der Waals surface area (Å²) in [4.78, 5) is 14.7. The van der Waals surface area contributed by atoms with Gasteiger partial charge in [0.15, 0.2) is 0 Å². The standard InChI is InChI=1S/C12H19N3OS/c1-17-10-4-2-9(3-5-10)15-12(16)11-6-8(13)7-14-11/h6-7,9-10,14H,2-5,13H2,1H3,(H,15,16). The van der Waals surface area contributed by atoms with Crippen molar-refractivity contribution in [2.24, 2.45) is 0 Å². The molecular weight excluding hydrogens is 234 g/mol. The number of amides is 1.